The molecule has 0 aliphatic carbocycles. The maximum Gasteiger partial charge on any atom is 0.126 e. The Hall–Kier alpha value is -0.930. The van der Waals surface area contributed by atoms with Gasteiger partial charge in [-0.25, -0.2) is 4.39 Å². The molecule has 100 valence electrons. The standard InChI is InChI=1S/C15H23FN2/c1-2-17-14-8-11-18(12-9-14)10-7-13-5-3-4-6-15(13)16/h3-6,14,17H,2,7-12H2,1H3. The Morgan fingerprint density at radius 3 is 2.67 bits per heavy atom. The van der Waals surface area contributed by atoms with Gasteiger partial charge in [0.05, 0.1) is 0 Å². The van der Waals surface area contributed by atoms with Gasteiger partial charge >= 0.3 is 0 Å². The van der Waals surface area contributed by atoms with Crippen LogP contribution in [0.15, 0.2) is 24.3 Å². The number of piperidine rings is 1. The van der Waals surface area contributed by atoms with Crippen LogP contribution in [0.5, 0.6) is 0 Å². The third kappa shape index (κ3) is 3.79. The summed E-state index contributed by atoms with van der Waals surface area (Å²) >= 11 is 0. The molecular formula is C15H23FN2. The molecule has 1 aliphatic rings. The number of benzene rings is 1. The molecule has 0 saturated carbocycles. The Morgan fingerprint density at radius 1 is 1.28 bits per heavy atom. The predicted octanol–water partition coefficient (Wildman–Crippen LogP) is 2.44. The maximum atomic E-state index is 13.5. The molecule has 0 aromatic heterocycles. The fourth-order valence-electron chi connectivity index (χ4n) is 2.63. The monoisotopic (exact) mass is 250 g/mol. The van der Waals surface area contributed by atoms with E-state index in [1.807, 2.05) is 12.1 Å². The van der Waals surface area contributed by atoms with Gasteiger partial charge in [0.15, 0.2) is 0 Å². The van der Waals surface area contributed by atoms with Crippen molar-refractivity contribution < 1.29 is 4.39 Å². The first-order valence-electron chi connectivity index (χ1n) is 6.98. The van der Waals surface area contributed by atoms with E-state index in [-0.39, 0.29) is 5.82 Å². The highest BCUT2D eigenvalue weighted by Crippen LogP contribution is 2.12. The number of hydrogen-bond acceptors (Lipinski definition) is 2. The van der Waals surface area contributed by atoms with Crippen LogP contribution in [0.3, 0.4) is 0 Å². The molecule has 0 amide bonds. The molecule has 0 radical (unpaired) electrons. The molecular weight excluding hydrogens is 227 g/mol. The Morgan fingerprint density at radius 2 is 2.00 bits per heavy atom. The molecule has 1 fully saturated rings. The van der Waals surface area contributed by atoms with Gasteiger partial charge in [-0.3, -0.25) is 0 Å². The number of halogens is 1. The van der Waals surface area contributed by atoms with E-state index in [1.54, 1.807) is 12.1 Å². The van der Waals surface area contributed by atoms with Crippen molar-refractivity contribution in [3.63, 3.8) is 0 Å². The van der Waals surface area contributed by atoms with Gasteiger partial charge in [-0.15, -0.1) is 0 Å². The third-order valence-electron chi connectivity index (χ3n) is 3.74. The molecule has 18 heavy (non-hydrogen) atoms. The Bertz CT molecular complexity index is 359. The van der Waals surface area contributed by atoms with E-state index >= 15 is 0 Å². The molecule has 1 aromatic rings. The van der Waals surface area contributed by atoms with Crippen LogP contribution in [-0.2, 0) is 6.42 Å². The van der Waals surface area contributed by atoms with E-state index in [0.717, 1.165) is 38.2 Å². The summed E-state index contributed by atoms with van der Waals surface area (Å²) < 4.78 is 13.5. The van der Waals surface area contributed by atoms with E-state index in [2.05, 4.69) is 17.1 Å². The molecule has 1 aromatic carbocycles. The van der Waals surface area contributed by atoms with Gasteiger partial charge < -0.3 is 10.2 Å². The quantitative estimate of drug-likeness (QED) is 0.863. The molecule has 2 rings (SSSR count). The van der Waals surface area contributed by atoms with E-state index in [1.165, 1.54) is 12.8 Å². The lowest BCUT2D eigenvalue weighted by Gasteiger charge is -2.32. The summed E-state index contributed by atoms with van der Waals surface area (Å²) in [5.41, 5.74) is 0.839. The van der Waals surface area contributed by atoms with E-state index < -0.39 is 0 Å². The highest BCUT2D eigenvalue weighted by atomic mass is 19.1. The zero-order chi connectivity index (χ0) is 12.8. The topological polar surface area (TPSA) is 15.3 Å². The Kier molecular flexibility index (Phi) is 5.14. The first-order valence-corrected chi connectivity index (χ1v) is 6.98. The molecule has 0 bridgehead atoms. The number of hydrogen-bond donors (Lipinski definition) is 1. The lowest BCUT2D eigenvalue weighted by molar-refractivity contribution is 0.200. The SMILES string of the molecule is CCNC1CCN(CCc2ccccc2F)CC1. The van der Waals surface area contributed by atoms with Crippen molar-refractivity contribution in [2.75, 3.05) is 26.2 Å². The summed E-state index contributed by atoms with van der Waals surface area (Å²) in [6.45, 7) is 6.45. The first kappa shape index (κ1) is 13.5. The second-order valence-electron chi connectivity index (χ2n) is 5.02. The predicted molar refractivity (Wildman–Crippen MR) is 73.2 cm³/mol. The van der Waals surface area contributed by atoms with E-state index in [9.17, 15) is 4.39 Å². The van der Waals surface area contributed by atoms with Crippen molar-refractivity contribution >= 4 is 0 Å². The lowest BCUT2D eigenvalue weighted by Crippen LogP contribution is -2.43. The molecule has 2 nitrogen and oxygen atoms in total. The average molecular weight is 250 g/mol. The molecule has 0 spiro atoms. The summed E-state index contributed by atoms with van der Waals surface area (Å²) in [6.07, 6.45) is 3.24. The minimum absolute atomic E-state index is 0.0694. The van der Waals surface area contributed by atoms with Gasteiger partial charge in [0, 0.05) is 12.6 Å². The van der Waals surface area contributed by atoms with Gasteiger partial charge in [0.2, 0.25) is 0 Å². The van der Waals surface area contributed by atoms with Crippen LogP contribution < -0.4 is 5.32 Å². The van der Waals surface area contributed by atoms with Crippen molar-refractivity contribution in [2.45, 2.75) is 32.2 Å². The normalized spacial score (nSPS) is 18.1. The largest absolute Gasteiger partial charge is 0.314 e. The minimum atomic E-state index is -0.0694. The molecule has 1 N–H and O–H groups in total. The smallest absolute Gasteiger partial charge is 0.126 e. The maximum absolute atomic E-state index is 13.5. The van der Waals surface area contributed by atoms with Crippen LogP contribution in [0.4, 0.5) is 4.39 Å². The average Bonchev–Trinajstić information content (AvgIpc) is 2.40. The van der Waals surface area contributed by atoms with E-state index in [4.69, 9.17) is 0 Å². The zero-order valence-corrected chi connectivity index (χ0v) is 11.2. The summed E-state index contributed by atoms with van der Waals surface area (Å²) in [7, 11) is 0. The van der Waals surface area contributed by atoms with Gasteiger partial charge in [-0.05, 0) is 50.5 Å². The Balaban J connectivity index is 1.74. The Labute approximate surface area is 109 Å². The molecule has 1 aliphatic heterocycles. The summed E-state index contributed by atoms with van der Waals surface area (Å²) in [5.74, 6) is -0.0694. The van der Waals surface area contributed by atoms with Crippen LogP contribution in [0.25, 0.3) is 0 Å². The number of nitrogens with zero attached hydrogens (tertiary/aromatic N) is 1. The second-order valence-corrected chi connectivity index (χ2v) is 5.02. The fraction of sp³-hybridized carbons (Fsp3) is 0.600. The molecule has 1 saturated heterocycles. The molecule has 1 heterocycles. The van der Waals surface area contributed by atoms with Crippen LogP contribution in [0, 0.1) is 5.82 Å². The van der Waals surface area contributed by atoms with Crippen LogP contribution >= 0.6 is 0 Å². The van der Waals surface area contributed by atoms with Crippen LogP contribution in [0.2, 0.25) is 0 Å². The first-order chi connectivity index (χ1) is 8.79. The molecule has 0 unspecified atom stereocenters. The summed E-state index contributed by atoms with van der Waals surface area (Å²) in [6, 6.07) is 7.78. The fourth-order valence-corrected chi connectivity index (χ4v) is 2.63. The van der Waals surface area contributed by atoms with Gasteiger partial charge in [0.25, 0.3) is 0 Å². The number of rotatable bonds is 5. The highest BCUT2D eigenvalue weighted by molar-refractivity contribution is 5.17. The molecule has 0 atom stereocenters. The van der Waals surface area contributed by atoms with Gasteiger partial charge in [-0.2, -0.15) is 0 Å². The van der Waals surface area contributed by atoms with Crippen molar-refractivity contribution in [3.05, 3.63) is 35.6 Å². The van der Waals surface area contributed by atoms with Crippen molar-refractivity contribution in [1.29, 1.82) is 0 Å². The zero-order valence-electron chi connectivity index (χ0n) is 11.2. The second kappa shape index (κ2) is 6.86. The van der Waals surface area contributed by atoms with Crippen molar-refractivity contribution in [3.8, 4) is 0 Å². The van der Waals surface area contributed by atoms with E-state index in [0.29, 0.717) is 6.04 Å². The minimum Gasteiger partial charge on any atom is -0.314 e. The summed E-state index contributed by atoms with van der Waals surface area (Å²) in [5, 5.41) is 3.50. The summed E-state index contributed by atoms with van der Waals surface area (Å²) in [4.78, 5) is 2.44. The number of nitrogens with one attached hydrogen (secondary N) is 1. The van der Waals surface area contributed by atoms with Crippen LogP contribution in [-0.4, -0.2) is 37.1 Å². The lowest BCUT2D eigenvalue weighted by atomic mass is 10.0. The highest BCUT2D eigenvalue weighted by Gasteiger charge is 2.17. The van der Waals surface area contributed by atoms with Crippen molar-refractivity contribution in [2.24, 2.45) is 0 Å². The molecule has 3 heteroatoms. The third-order valence-corrected chi connectivity index (χ3v) is 3.74. The van der Waals surface area contributed by atoms with Gasteiger partial charge in [0.1, 0.15) is 5.82 Å². The van der Waals surface area contributed by atoms with Crippen LogP contribution in [0.1, 0.15) is 25.3 Å². The van der Waals surface area contributed by atoms with Gasteiger partial charge in [-0.1, -0.05) is 25.1 Å². The van der Waals surface area contributed by atoms with Crippen molar-refractivity contribution in [1.82, 2.24) is 10.2 Å². The number of likely N-dealkylation sites (tertiary alicyclic amines) is 1.